The van der Waals surface area contributed by atoms with Crippen LogP contribution in [-0.2, 0) is 16.0 Å². The Bertz CT molecular complexity index is 458. The van der Waals surface area contributed by atoms with E-state index in [-0.39, 0.29) is 18.1 Å². The molecule has 0 aliphatic carbocycles. The highest BCUT2D eigenvalue weighted by Gasteiger charge is 2.39. The normalized spacial score (nSPS) is 13.8. The van der Waals surface area contributed by atoms with E-state index in [2.05, 4.69) is 0 Å². The molecule has 1 amide bonds. The van der Waals surface area contributed by atoms with Crippen molar-refractivity contribution in [1.82, 2.24) is 4.90 Å². The van der Waals surface area contributed by atoms with Crippen molar-refractivity contribution in [2.45, 2.75) is 25.8 Å². The van der Waals surface area contributed by atoms with Gasteiger partial charge in [-0.25, -0.2) is 9.18 Å². The highest BCUT2D eigenvalue weighted by Crippen LogP contribution is 2.20. The van der Waals surface area contributed by atoms with Crippen LogP contribution in [0.4, 0.5) is 4.39 Å². The lowest BCUT2D eigenvalue weighted by atomic mass is 9.91. The molecular formula is C13H16FNO3. The number of carbonyl (C=O) groups excluding carboxylic acids is 1. The van der Waals surface area contributed by atoms with Crippen LogP contribution in [0, 0.1) is 5.82 Å². The third-order valence-electron chi connectivity index (χ3n) is 3.13. The largest absolute Gasteiger partial charge is 0.479 e. The minimum Gasteiger partial charge on any atom is -0.479 e. The highest BCUT2D eigenvalue weighted by atomic mass is 19.1. The minimum absolute atomic E-state index is 0.124. The van der Waals surface area contributed by atoms with Crippen molar-refractivity contribution in [1.29, 1.82) is 0 Å². The summed E-state index contributed by atoms with van der Waals surface area (Å²) >= 11 is 0. The van der Waals surface area contributed by atoms with Crippen molar-refractivity contribution in [2.24, 2.45) is 0 Å². The second-order valence-corrected chi connectivity index (χ2v) is 4.46. The summed E-state index contributed by atoms with van der Waals surface area (Å²) in [4.78, 5) is 23.9. The molecular weight excluding hydrogens is 237 g/mol. The number of amides is 1. The molecule has 18 heavy (non-hydrogen) atoms. The van der Waals surface area contributed by atoms with Gasteiger partial charge in [0.2, 0.25) is 5.91 Å². The molecule has 4 nitrogen and oxygen atoms in total. The average molecular weight is 253 g/mol. The van der Waals surface area contributed by atoms with Crippen LogP contribution in [0.3, 0.4) is 0 Å². The summed E-state index contributed by atoms with van der Waals surface area (Å²) in [5.41, 5.74) is -0.682. The number of aliphatic carboxylic acids is 1. The fraction of sp³-hybridized carbons (Fsp3) is 0.385. The zero-order valence-electron chi connectivity index (χ0n) is 10.6. The molecule has 0 saturated carbocycles. The molecule has 0 bridgehead atoms. The van der Waals surface area contributed by atoms with Crippen LogP contribution in [0.5, 0.6) is 0 Å². The maximum absolute atomic E-state index is 12.8. The molecule has 0 aliphatic heterocycles. The molecule has 1 rings (SSSR count). The lowest BCUT2D eigenvalue weighted by Gasteiger charge is -2.34. The van der Waals surface area contributed by atoms with E-state index in [1.807, 2.05) is 0 Å². The SMILES string of the molecule is CC(=O)N(C)C(C)(Cc1ccc(F)cc1)C(=O)O. The third-order valence-corrected chi connectivity index (χ3v) is 3.13. The molecule has 1 N–H and O–H groups in total. The number of halogens is 1. The van der Waals surface area contributed by atoms with Crippen LogP contribution in [0.2, 0.25) is 0 Å². The third kappa shape index (κ3) is 2.85. The van der Waals surface area contributed by atoms with Gasteiger partial charge in [-0.2, -0.15) is 0 Å². The lowest BCUT2D eigenvalue weighted by Crippen LogP contribution is -2.54. The standard InChI is InChI=1S/C13H16FNO3/c1-9(16)15(3)13(2,12(17)18)8-10-4-6-11(14)7-5-10/h4-7H,8H2,1-3H3,(H,17,18). The molecule has 5 heteroatoms. The van der Waals surface area contributed by atoms with E-state index in [9.17, 15) is 19.1 Å². The van der Waals surface area contributed by atoms with E-state index in [0.29, 0.717) is 5.56 Å². The Morgan fingerprint density at radius 2 is 1.83 bits per heavy atom. The van der Waals surface area contributed by atoms with Gasteiger partial charge in [-0.3, -0.25) is 4.79 Å². The first-order valence-electron chi connectivity index (χ1n) is 5.49. The molecule has 0 radical (unpaired) electrons. The number of carbonyl (C=O) groups is 2. The minimum atomic E-state index is -1.34. The highest BCUT2D eigenvalue weighted by molar-refractivity contribution is 5.85. The monoisotopic (exact) mass is 253 g/mol. The zero-order valence-corrected chi connectivity index (χ0v) is 10.6. The first kappa shape index (κ1) is 14.2. The van der Waals surface area contributed by atoms with Crippen LogP contribution >= 0.6 is 0 Å². The Morgan fingerprint density at radius 1 is 1.33 bits per heavy atom. The Balaban J connectivity index is 3.03. The van der Waals surface area contributed by atoms with Gasteiger partial charge in [0.15, 0.2) is 0 Å². The van der Waals surface area contributed by atoms with Gasteiger partial charge in [0.1, 0.15) is 11.4 Å². The van der Waals surface area contributed by atoms with Crippen molar-refractivity contribution >= 4 is 11.9 Å². The summed E-state index contributed by atoms with van der Waals surface area (Å²) in [6, 6.07) is 5.58. The van der Waals surface area contributed by atoms with E-state index in [4.69, 9.17) is 0 Å². The van der Waals surface area contributed by atoms with E-state index in [0.717, 1.165) is 0 Å². The van der Waals surface area contributed by atoms with Gasteiger partial charge in [0.05, 0.1) is 0 Å². The van der Waals surface area contributed by atoms with Crippen LogP contribution < -0.4 is 0 Å². The van der Waals surface area contributed by atoms with Crippen molar-refractivity contribution in [3.05, 3.63) is 35.6 Å². The van der Waals surface area contributed by atoms with Crippen LogP contribution in [0.15, 0.2) is 24.3 Å². The lowest BCUT2D eigenvalue weighted by molar-refractivity contribution is -0.155. The van der Waals surface area contributed by atoms with E-state index in [1.165, 1.54) is 50.1 Å². The molecule has 1 atom stereocenters. The average Bonchev–Trinajstić information content (AvgIpc) is 2.30. The summed E-state index contributed by atoms with van der Waals surface area (Å²) in [6.07, 6.45) is 0.124. The summed E-state index contributed by atoms with van der Waals surface area (Å²) in [7, 11) is 1.44. The predicted octanol–water partition coefficient (Wildman–Crippen LogP) is 1.69. The quantitative estimate of drug-likeness (QED) is 0.888. The Kier molecular flexibility index (Phi) is 4.06. The number of carboxylic acid groups (broad SMARTS) is 1. The van der Waals surface area contributed by atoms with Gasteiger partial charge in [0.25, 0.3) is 0 Å². The number of hydrogen-bond donors (Lipinski definition) is 1. The Hall–Kier alpha value is -1.91. The second kappa shape index (κ2) is 5.16. The van der Waals surface area contributed by atoms with Crippen LogP contribution in [0.25, 0.3) is 0 Å². The number of rotatable bonds is 4. The smallest absolute Gasteiger partial charge is 0.329 e. The topological polar surface area (TPSA) is 57.6 Å². The summed E-state index contributed by atoms with van der Waals surface area (Å²) < 4.78 is 12.8. The molecule has 1 aromatic carbocycles. The molecule has 0 heterocycles. The van der Waals surface area contributed by atoms with Crippen LogP contribution in [-0.4, -0.2) is 34.5 Å². The Morgan fingerprint density at radius 3 is 2.22 bits per heavy atom. The van der Waals surface area contributed by atoms with Crippen molar-refractivity contribution in [3.8, 4) is 0 Å². The van der Waals surface area contributed by atoms with E-state index in [1.54, 1.807) is 0 Å². The molecule has 1 aromatic rings. The molecule has 98 valence electrons. The zero-order chi connectivity index (χ0) is 13.9. The molecule has 0 aromatic heterocycles. The molecule has 0 spiro atoms. The van der Waals surface area contributed by atoms with Crippen molar-refractivity contribution in [2.75, 3.05) is 7.05 Å². The van der Waals surface area contributed by atoms with Crippen molar-refractivity contribution < 1.29 is 19.1 Å². The molecule has 1 unspecified atom stereocenters. The summed E-state index contributed by atoms with van der Waals surface area (Å²) in [5.74, 6) is -1.80. The maximum Gasteiger partial charge on any atom is 0.329 e. The van der Waals surface area contributed by atoms with Gasteiger partial charge in [-0.05, 0) is 24.6 Å². The number of carboxylic acids is 1. The van der Waals surface area contributed by atoms with Gasteiger partial charge < -0.3 is 10.0 Å². The summed E-state index contributed by atoms with van der Waals surface area (Å²) in [6.45, 7) is 2.78. The van der Waals surface area contributed by atoms with Crippen LogP contribution in [0.1, 0.15) is 19.4 Å². The maximum atomic E-state index is 12.8. The van der Waals surface area contributed by atoms with Gasteiger partial charge >= 0.3 is 5.97 Å². The fourth-order valence-electron chi connectivity index (χ4n) is 1.68. The van der Waals surface area contributed by atoms with E-state index >= 15 is 0 Å². The second-order valence-electron chi connectivity index (χ2n) is 4.46. The molecule has 0 fully saturated rings. The molecule has 0 aliphatic rings. The number of benzene rings is 1. The fourth-order valence-corrected chi connectivity index (χ4v) is 1.68. The van der Waals surface area contributed by atoms with Crippen molar-refractivity contribution in [3.63, 3.8) is 0 Å². The molecule has 0 saturated heterocycles. The first-order chi connectivity index (χ1) is 8.27. The number of likely N-dealkylation sites (N-methyl/N-ethyl adjacent to an activating group) is 1. The predicted molar refractivity (Wildman–Crippen MR) is 64.6 cm³/mol. The van der Waals surface area contributed by atoms with Gasteiger partial charge in [0, 0.05) is 20.4 Å². The van der Waals surface area contributed by atoms with E-state index < -0.39 is 11.5 Å². The summed E-state index contributed by atoms with van der Waals surface area (Å²) in [5, 5.41) is 9.30. The first-order valence-corrected chi connectivity index (χ1v) is 5.49. The number of nitrogens with zero attached hydrogens (tertiary/aromatic N) is 1. The number of hydrogen-bond acceptors (Lipinski definition) is 2. The van der Waals surface area contributed by atoms with Gasteiger partial charge in [-0.1, -0.05) is 12.1 Å². The van der Waals surface area contributed by atoms with Gasteiger partial charge in [-0.15, -0.1) is 0 Å². The Labute approximate surface area is 105 Å².